The largest absolute Gasteiger partial charge is 0.347 e. The molecular weight excluding hydrogens is 344 g/mol. The predicted molar refractivity (Wildman–Crippen MR) is 97.5 cm³/mol. The lowest BCUT2D eigenvalue weighted by Crippen LogP contribution is -2.29. The number of carbonyl (C=O) groups excluding carboxylic acids is 2. The third-order valence-corrected chi connectivity index (χ3v) is 4.76. The Kier molecular flexibility index (Phi) is 6.94. The summed E-state index contributed by atoms with van der Waals surface area (Å²) < 4.78 is 0. The van der Waals surface area contributed by atoms with Gasteiger partial charge in [0.25, 0.3) is 0 Å². The number of hydrogen-bond acceptors (Lipinski definition) is 4. The Bertz CT molecular complexity index is 686. The van der Waals surface area contributed by atoms with Gasteiger partial charge in [-0.2, -0.15) is 0 Å². The number of rotatable bonds is 8. The minimum atomic E-state index is -0.142. The van der Waals surface area contributed by atoms with Crippen molar-refractivity contribution < 1.29 is 9.59 Å². The van der Waals surface area contributed by atoms with Gasteiger partial charge in [0.05, 0.1) is 11.1 Å². The van der Waals surface area contributed by atoms with Crippen molar-refractivity contribution in [3.8, 4) is 0 Å². The lowest BCUT2D eigenvalue weighted by molar-refractivity contribution is -0.121. The molecule has 1 aromatic heterocycles. The van der Waals surface area contributed by atoms with Crippen molar-refractivity contribution in [2.75, 3.05) is 0 Å². The minimum absolute atomic E-state index is 0.104. The van der Waals surface area contributed by atoms with Crippen LogP contribution in [0.3, 0.4) is 0 Å². The number of nitrogens with zero attached hydrogens (tertiary/aromatic N) is 1. The van der Waals surface area contributed by atoms with Crippen LogP contribution in [0.1, 0.15) is 54.5 Å². The zero-order chi connectivity index (χ0) is 17.5. The first-order valence-corrected chi connectivity index (χ1v) is 9.19. The molecule has 0 aliphatic rings. The standard InChI is InChI=1S/C18H21ClN2O2S/c1-12(2)11-15(18-20-9-10-24-18)21-17(23)8-7-16(22)13-5-3-4-6-14(13)19/h3-6,9-10,12,15H,7-8,11H2,1-2H3,(H,21,23). The van der Waals surface area contributed by atoms with E-state index < -0.39 is 0 Å². The highest BCUT2D eigenvalue weighted by atomic mass is 35.5. The molecule has 2 rings (SSSR count). The van der Waals surface area contributed by atoms with Crippen molar-refractivity contribution in [2.45, 2.75) is 39.2 Å². The van der Waals surface area contributed by atoms with Gasteiger partial charge in [0.15, 0.2) is 5.78 Å². The Balaban J connectivity index is 1.91. The predicted octanol–water partition coefficient (Wildman–Crippen LogP) is 4.66. The maximum absolute atomic E-state index is 12.2. The average molecular weight is 365 g/mol. The number of amides is 1. The molecule has 0 fully saturated rings. The fourth-order valence-corrected chi connectivity index (χ4v) is 3.36. The Morgan fingerprint density at radius 2 is 2.00 bits per heavy atom. The van der Waals surface area contributed by atoms with Gasteiger partial charge in [-0.1, -0.05) is 37.6 Å². The first-order chi connectivity index (χ1) is 11.5. The van der Waals surface area contributed by atoms with Crippen LogP contribution in [0.4, 0.5) is 0 Å². The molecule has 0 aliphatic heterocycles. The Morgan fingerprint density at radius 3 is 2.62 bits per heavy atom. The second-order valence-electron chi connectivity index (χ2n) is 6.02. The van der Waals surface area contributed by atoms with Crippen LogP contribution in [0, 0.1) is 5.92 Å². The van der Waals surface area contributed by atoms with Crippen molar-refractivity contribution in [1.29, 1.82) is 0 Å². The molecule has 0 saturated heterocycles. The Hall–Kier alpha value is -1.72. The number of ketones is 1. The highest BCUT2D eigenvalue weighted by molar-refractivity contribution is 7.09. The minimum Gasteiger partial charge on any atom is -0.347 e. The van der Waals surface area contributed by atoms with E-state index in [1.165, 1.54) is 11.3 Å². The number of nitrogens with one attached hydrogen (secondary N) is 1. The van der Waals surface area contributed by atoms with Crippen LogP contribution in [0.2, 0.25) is 5.02 Å². The quantitative estimate of drug-likeness (QED) is 0.693. The summed E-state index contributed by atoms with van der Waals surface area (Å²) in [7, 11) is 0. The summed E-state index contributed by atoms with van der Waals surface area (Å²) in [5.41, 5.74) is 0.464. The smallest absolute Gasteiger partial charge is 0.221 e. The second kappa shape index (κ2) is 8.94. The first-order valence-electron chi connectivity index (χ1n) is 7.94. The molecule has 0 aliphatic carbocycles. The van der Waals surface area contributed by atoms with Crippen LogP contribution in [-0.2, 0) is 4.79 Å². The SMILES string of the molecule is CC(C)CC(NC(=O)CCC(=O)c1ccccc1Cl)c1nccs1. The first kappa shape index (κ1) is 18.6. The van der Waals surface area contributed by atoms with E-state index in [1.54, 1.807) is 30.5 Å². The summed E-state index contributed by atoms with van der Waals surface area (Å²) in [6.45, 7) is 4.21. The van der Waals surface area contributed by atoms with Gasteiger partial charge in [-0.25, -0.2) is 4.98 Å². The van der Waals surface area contributed by atoms with E-state index in [2.05, 4.69) is 24.1 Å². The van der Waals surface area contributed by atoms with Crippen molar-refractivity contribution in [2.24, 2.45) is 5.92 Å². The van der Waals surface area contributed by atoms with E-state index in [-0.39, 0.29) is 30.6 Å². The van der Waals surface area contributed by atoms with Crippen LogP contribution in [0.15, 0.2) is 35.8 Å². The topological polar surface area (TPSA) is 59.1 Å². The Morgan fingerprint density at radius 1 is 1.25 bits per heavy atom. The molecule has 1 unspecified atom stereocenters. The van der Waals surface area contributed by atoms with E-state index in [0.29, 0.717) is 16.5 Å². The van der Waals surface area contributed by atoms with Gasteiger partial charge in [0.1, 0.15) is 5.01 Å². The summed E-state index contributed by atoms with van der Waals surface area (Å²) in [5, 5.41) is 6.21. The van der Waals surface area contributed by atoms with Gasteiger partial charge < -0.3 is 5.32 Å². The molecule has 1 atom stereocenters. The molecular formula is C18H21ClN2O2S. The fraction of sp³-hybridized carbons (Fsp3) is 0.389. The zero-order valence-electron chi connectivity index (χ0n) is 13.8. The van der Waals surface area contributed by atoms with Gasteiger partial charge >= 0.3 is 0 Å². The van der Waals surface area contributed by atoms with E-state index in [1.807, 2.05) is 5.38 Å². The highest BCUT2D eigenvalue weighted by Crippen LogP contribution is 2.23. The number of thiazole rings is 1. The van der Waals surface area contributed by atoms with Crippen LogP contribution >= 0.6 is 22.9 Å². The van der Waals surface area contributed by atoms with E-state index in [0.717, 1.165) is 11.4 Å². The molecule has 4 nitrogen and oxygen atoms in total. The highest BCUT2D eigenvalue weighted by Gasteiger charge is 2.19. The summed E-state index contributed by atoms with van der Waals surface area (Å²) in [6, 6.07) is 6.79. The lowest BCUT2D eigenvalue weighted by Gasteiger charge is -2.18. The number of hydrogen-bond donors (Lipinski definition) is 1. The van der Waals surface area contributed by atoms with Crippen LogP contribution in [0.5, 0.6) is 0 Å². The summed E-state index contributed by atoms with van der Waals surface area (Å²) >= 11 is 7.54. The van der Waals surface area contributed by atoms with Gasteiger partial charge in [-0.3, -0.25) is 9.59 Å². The molecule has 24 heavy (non-hydrogen) atoms. The van der Waals surface area contributed by atoms with Crippen LogP contribution < -0.4 is 5.32 Å². The van der Waals surface area contributed by atoms with Gasteiger partial charge in [0, 0.05) is 30.0 Å². The van der Waals surface area contributed by atoms with E-state index >= 15 is 0 Å². The molecule has 0 saturated carbocycles. The van der Waals surface area contributed by atoms with Crippen LogP contribution in [-0.4, -0.2) is 16.7 Å². The van der Waals surface area contributed by atoms with Gasteiger partial charge in [0.2, 0.25) is 5.91 Å². The maximum Gasteiger partial charge on any atom is 0.221 e. The third-order valence-electron chi connectivity index (χ3n) is 3.55. The van der Waals surface area contributed by atoms with E-state index in [4.69, 9.17) is 11.6 Å². The molecule has 1 aromatic carbocycles. The second-order valence-corrected chi connectivity index (χ2v) is 7.36. The molecule has 1 amide bonds. The number of aromatic nitrogens is 1. The van der Waals surface area contributed by atoms with Gasteiger partial charge in [-0.15, -0.1) is 11.3 Å². The Labute approximate surface area is 151 Å². The maximum atomic E-state index is 12.2. The third kappa shape index (κ3) is 5.42. The molecule has 0 spiro atoms. The molecule has 1 N–H and O–H groups in total. The molecule has 2 aromatic rings. The average Bonchev–Trinajstić information content (AvgIpc) is 3.06. The molecule has 6 heteroatoms. The van der Waals surface area contributed by atoms with E-state index in [9.17, 15) is 9.59 Å². The zero-order valence-corrected chi connectivity index (χ0v) is 15.4. The van der Waals surface area contributed by atoms with Crippen molar-refractivity contribution >= 4 is 34.6 Å². The summed E-state index contributed by atoms with van der Waals surface area (Å²) in [5.74, 6) is 0.172. The van der Waals surface area contributed by atoms with Crippen molar-refractivity contribution in [1.82, 2.24) is 10.3 Å². The number of halogens is 1. The fourth-order valence-electron chi connectivity index (χ4n) is 2.42. The van der Waals surface area contributed by atoms with Crippen molar-refractivity contribution in [3.63, 3.8) is 0 Å². The summed E-state index contributed by atoms with van der Waals surface area (Å²) in [4.78, 5) is 28.7. The lowest BCUT2D eigenvalue weighted by atomic mass is 10.0. The van der Waals surface area contributed by atoms with Crippen LogP contribution in [0.25, 0.3) is 0 Å². The normalized spacial score (nSPS) is 12.2. The molecule has 0 bridgehead atoms. The summed E-state index contributed by atoms with van der Waals surface area (Å²) in [6.07, 6.45) is 2.84. The number of carbonyl (C=O) groups is 2. The molecule has 128 valence electrons. The van der Waals surface area contributed by atoms with Gasteiger partial charge in [-0.05, 0) is 24.5 Å². The molecule has 1 heterocycles. The number of Topliss-reactive ketones (excluding diaryl/α,β-unsaturated/α-hetero) is 1. The van der Waals surface area contributed by atoms with Crippen molar-refractivity contribution in [3.05, 3.63) is 51.4 Å². The molecule has 0 radical (unpaired) electrons. The number of benzene rings is 1. The monoisotopic (exact) mass is 364 g/mol.